The molecule has 2 N–H and O–H groups in total. The molecule has 0 atom stereocenters. The summed E-state index contributed by atoms with van der Waals surface area (Å²) in [7, 11) is 0. The molecule has 22 heavy (non-hydrogen) atoms. The molecule has 0 aromatic carbocycles. The molecular weight excluding hydrogens is 286 g/mol. The third-order valence-electron chi connectivity index (χ3n) is 3.94. The number of rotatable bonds is 3. The van der Waals surface area contributed by atoms with Crippen molar-refractivity contribution in [3.8, 4) is 0 Å². The van der Waals surface area contributed by atoms with Crippen LogP contribution in [0.3, 0.4) is 0 Å². The summed E-state index contributed by atoms with van der Waals surface area (Å²) >= 11 is 0. The SMILES string of the molecule is CC(C)(C)OC(=O)N1CCC(CO)(n2cc(CO)cn2)CC1. The molecule has 1 saturated heterocycles. The van der Waals surface area contributed by atoms with Gasteiger partial charge in [0.1, 0.15) is 5.60 Å². The Morgan fingerprint density at radius 3 is 2.45 bits per heavy atom. The summed E-state index contributed by atoms with van der Waals surface area (Å²) in [5, 5.41) is 23.2. The highest BCUT2D eigenvalue weighted by atomic mass is 16.6. The Balaban J connectivity index is 2.03. The largest absolute Gasteiger partial charge is 0.444 e. The van der Waals surface area contributed by atoms with Crippen molar-refractivity contribution in [2.45, 2.75) is 51.4 Å². The van der Waals surface area contributed by atoms with Gasteiger partial charge in [-0.15, -0.1) is 0 Å². The molecule has 0 spiro atoms. The van der Waals surface area contributed by atoms with Crippen LogP contribution in [0.5, 0.6) is 0 Å². The summed E-state index contributed by atoms with van der Waals surface area (Å²) in [4.78, 5) is 13.7. The van der Waals surface area contributed by atoms with E-state index in [1.807, 2.05) is 20.8 Å². The molecule has 124 valence electrons. The van der Waals surface area contributed by atoms with Gasteiger partial charge < -0.3 is 19.8 Å². The molecule has 2 heterocycles. The zero-order valence-electron chi connectivity index (χ0n) is 13.4. The fourth-order valence-electron chi connectivity index (χ4n) is 2.59. The van der Waals surface area contributed by atoms with E-state index in [1.54, 1.807) is 22.0 Å². The van der Waals surface area contributed by atoms with Gasteiger partial charge in [0.05, 0.1) is 24.9 Å². The Labute approximate surface area is 130 Å². The minimum Gasteiger partial charge on any atom is -0.444 e. The first-order chi connectivity index (χ1) is 10.3. The monoisotopic (exact) mass is 311 g/mol. The Kier molecular flexibility index (Phi) is 4.77. The first kappa shape index (κ1) is 16.8. The fourth-order valence-corrected chi connectivity index (χ4v) is 2.59. The number of aliphatic hydroxyl groups is 2. The lowest BCUT2D eigenvalue weighted by Crippen LogP contribution is -2.51. The summed E-state index contributed by atoms with van der Waals surface area (Å²) in [6.45, 7) is 6.40. The van der Waals surface area contributed by atoms with Crippen molar-refractivity contribution in [1.29, 1.82) is 0 Å². The van der Waals surface area contributed by atoms with Gasteiger partial charge in [-0.25, -0.2) is 4.79 Å². The summed E-state index contributed by atoms with van der Waals surface area (Å²) in [5.74, 6) is 0. The van der Waals surface area contributed by atoms with Crippen molar-refractivity contribution in [2.75, 3.05) is 19.7 Å². The summed E-state index contributed by atoms with van der Waals surface area (Å²) < 4.78 is 7.09. The molecule has 1 aliphatic rings. The number of nitrogens with zero attached hydrogens (tertiary/aromatic N) is 3. The molecule has 2 rings (SSSR count). The van der Waals surface area contributed by atoms with E-state index in [4.69, 9.17) is 9.84 Å². The van der Waals surface area contributed by atoms with E-state index in [9.17, 15) is 9.90 Å². The summed E-state index contributed by atoms with van der Waals surface area (Å²) in [6.07, 6.45) is 4.21. The van der Waals surface area contributed by atoms with Gasteiger partial charge in [0.2, 0.25) is 0 Å². The second-order valence-corrected chi connectivity index (χ2v) is 6.80. The third kappa shape index (κ3) is 3.59. The molecule has 7 heteroatoms. The number of piperidine rings is 1. The summed E-state index contributed by atoms with van der Waals surface area (Å²) in [6, 6.07) is 0. The highest BCUT2D eigenvalue weighted by Crippen LogP contribution is 2.30. The molecule has 1 aromatic heterocycles. The van der Waals surface area contributed by atoms with Gasteiger partial charge in [-0.05, 0) is 33.6 Å². The van der Waals surface area contributed by atoms with Gasteiger partial charge in [0.15, 0.2) is 0 Å². The molecule has 1 aromatic rings. The van der Waals surface area contributed by atoms with Crippen molar-refractivity contribution in [2.24, 2.45) is 0 Å². The maximum absolute atomic E-state index is 12.1. The second kappa shape index (κ2) is 6.26. The highest BCUT2D eigenvalue weighted by molar-refractivity contribution is 5.68. The van der Waals surface area contributed by atoms with Crippen LogP contribution in [0.2, 0.25) is 0 Å². The smallest absolute Gasteiger partial charge is 0.410 e. The van der Waals surface area contributed by atoms with Crippen molar-refractivity contribution in [1.82, 2.24) is 14.7 Å². The van der Waals surface area contributed by atoms with Crippen LogP contribution < -0.4 is 0 Å². The van der Waals surface area contributed by atoms with Crippen LogP contribution in [-0.4, -0.2) is 56.3 Å². The molecular formula is C15H25N3O4. The molecule has 0 bridgehead atoms. The molecule has 0 unspecified atom stereocenters. The number of carbonyl (C=O) groups excluding carboxylic acids is 1. The first-order valence-electron chi connectivity index (χ1n) is 7.53. The van der Waals surface area contributed by atoms with E-state index >= 15 is 0 Å². The number of aromatic nitrogens is 2. The van der Waals surface area contributed by atoms with Crippen LogP contribution in [0.15, 0.2) is 12.4 Å². The average molecular weight is 311 g/mol. The maximum atomic E-state index is 12.1. The Morgan fingerprint density at radius 1 is 1.36 bits per heavy atom. The van der Waals surface area contributed by atoms with Gasteiger partial charge in [0.25, 0.3) is 0 Å². The second-order valence-electron chi connectivity index (χ2n) is 6.80. The van der Waals surface area contributed by atoms with E-state index in [1.165, 1.54) is 0 Å². The van der Waals surface area contributed by atoms with Crippen LogP contribution >= 0.6 is 0 Å². The number of hydrogen-bond acceptors (Lipinski definition) is 5. The topological polar surface area (TPSA) is 87.8 Å². The maximum Gasteiger partial charge on any atom is 0.410 e. The lowest BCUT2D eigenvalue weighted by Gasteiger charge is -2.41. The highest BCUT2D eigenvalue weighted by Gasteiger charge is 2.38. The average Bonchev–Trinajstić information content (AvgIpc) is 2.95. The van der Waals surface area contributed by atoms with Crippen molar-refractivity contribution < 1.29 is 19.7 Å². The van der Waals surface area contributed by atoms with Gasteiger partial charge in [0, 0.05) is 24.8 Å². The van der Waals surface area contributed by atoms with E-state index < -0.39 is 11.1 Å². The van der Waals surface area contributed by atoms with Crippen LogP contribution in [0.1, 0.15) is 39.2 Å². The molecule has 0 saturated carbocycles. The number of likely N-dealkylation sites (tertiary alicyclic amines) is 1. The Hall–Kier alpha value is -1.60. The van der Waals surface area contributed by atoms with Gasteiger partial charge in [-0.3, -0.25) is 4.68 Å². The van der Waals surface area contributed by atoms with E-state index in [0.717, 1.165) is 0 Å². The van der Waals surface area contributed by atoms with E-state index in [0.29, 0.717) is 31.5 Å². The minimum absolute atomic E-state index is 0.0539. The number of amides is 1. The molecule has 0 radical (unpaired) electrons. The molecule has 7 nitrogen and oxygen atoms in total. The Morgan fingerprint density at radius 2 is 2.00 bits per heavy atom. The molecule has 1 aliphatic heterocycles. The van der Waals surface area contributed by atoms with Gasteiger partial charge in [-0.1, -0.05) is 0 Å². The van der Waals surface area contributed by atoms with Crippen molar-refractivity contribution in [3.63, 3.8) is 0 Å². The fraction of sp³-hybridized carbons (Fsp3) is 0.733. The van der Waals surface area contributed by atoms with E-state index in [-0.39, 0.29) is 19.3 Å². The molecule has 1 amide bonds. The van der Waals surface area contributed by atoms with Crippen molar-refractivity contribution in [3.05, 3.63) is 18.0 Å². The van der Waals surface area contributed by atoms with Gasteiger partial charge in [-0.2, -0.15) is 5.10 Å². The lowest BCUT2D eigenvalue weighted by molar-refractivity contribution is 0.000122. The number of carbonyl (C=O) groups is 1. The molecule has 1 fully saturated rings. The quantitative estimate of drug-likeness (QED) is 0.872. The first-order valence-corrected chi connectivity index (χ1v) is 7.53. The summed E-state index contributed by atoms with van der Waals surface area (Å²) in [5.41, 5.74) is -0.325. The molecule has 0 aliphatic carbocycles. The number of aliphatic hydroxyl groups excluding tert-OH is 2. The zero-order valence-corrected chi connectivity index (χ0v) is 13.4. The standard InChI is InChI=1S/C15H25N3O4/c1-14(2,3)22-13(21)17-6-4-15(11-20,5-7-17)18-9-12(10-19)8-16-18/h8-9,19-20H,4-7,10-11H2,1-3H3. The van der Waals surface area contributed by atoms with Crippen molar-refractivity contribution >= 4 is 6.09 Å². The van der Waals surface area contributed by atoms with Crippen LogP contribution in [0, 0.1) is 0 Å². The Bertz CT molecular complexity index is 513. The number of hydrogen-bond donors (Lipinski definition) is 2. The minimum atomic E-state index is -0.522. The van der Waals surface area contributed by atoms with Crippen LogP contribution in [-0.2, 0) is 16.9 Å². The van der Waals surface area contributed by atoms with Gasteiger partial charge >= 0.3 is 6.09 Å². The van der Waals surface area contributed by atoms with Crippen LogP contribution in [0.25, 0.3) is 0 Å². The predicted octanol–water partition coefficient (Wildman–Crippen LogP) is 1.09. The van der Waals surface area contributed by atoms with E-state index in [2.05, 4.69) is 5.10 Å². The normalized spacial score (nSPS) is 18.3. The van der Waals surface area contributed by atoms with Crippen LogP contribution in [0.4, 0.5) is 4.79 Å². The zero-order chi connectivity index (χ0) is 16.4. The lowest BCUT2D eigenvalue weighted by atomic mass is 9.88. The number of ether oxygens (including phenoxy) is 1. The predicted molar refractivity (Wildman–Crippen MR) is 80.3 cm³/mol. The third-order valence-corrected chi connectivity index (χ3v) is 3.94.